The van der Waals surface area contributed by atoms with E-state index in [2.05, 4.69) is 15.3 Å². The van der Waals surface area contributed by atoms with Gasteiger partial charge < -0.3 is 0 Å². The second kappa shape index (κ2) is 6.10. The molecule has 0 atom stereocenters. The molecule has 4 rings (SSSR count). The zero-order chi connectivity index (χ0) is 15.6. The number of halogens is 1. The van der Waals surface area contributed by atoms with Gasteiger partial charge in [0.25, 0.3) is 0 Å². The van der Waals surface area contributed by atoms with Gasteiger partial charge in [0.1, 0.15) is 11.5 Å². The number of fused-ring (bicyclic) bond motifs is 1. The first-order chi connectivity index (χ1) is 11.3. The van der Waals surface area contributed by atoms with Gasteiger partial charge in [-0.2, -0.15) is 9.61 Å². The van der Waals surface area contributed by atoms with Crippen LogP contribution < -0.4 is 0 Å². The van der Waals surface area contributed by atoms with Gasteiger partial charge in [-0.3, -0.25) is 0 Å². The van der Waals surface area contributed by atoms with E-state index in [9.17, 15) is 4.39 Å². The van der Waals surface area contributed by atoms with Gasteiger partial charge in [0, 0.05) is 5.75 Å². The Hall–Kier alpha value is -2.25. The topological polar surface area (TPSA) is 43.1 Å². The molecule has 3 heterocycles. The van der Waals surface area contributed by atoms with Crippen LogP contribution in [0.5, 0.6) is 0 Å². The lowest BCUT2D eigenvalue weighted by atomic mass is 10.2. The van der Waals surface area contributed by atoms with E-state index in [1.807, 2.05) is 29.6 Å². The highest BCUT2D eigenvalue weighted by Crippen LogP contribution is 2.25. The summed E-state index contributed by atoms with van der Waals surface area (Å²) in [6.45, 7) is 0. The van der Waals surface area contributed by atoms with Crippen molar-refractivity contribution in [2.75, 3.05) is 0 Å². The Labute approximate surface area is 140 Å². The van der Waals surface area contributed by atoms with Crippen LogP contribution in [0.3, 0.4) is 0 Å². The molecule has 0 aliphatic carbocycles. The molecular formula is C16H11FN4S2. The third-order valence-electron chi connectivity index (χ3n) is 3.29. The van der Waals surface area contributed by atoms with Crippen LogP contribution in [0, 0.1) is 5.82 Å². The second-order valence-corrected chi connectivity index (χ2v) is 6.75. The van der Waals surface area contributed by atoms with Crippen molar-refractivity contribution < 1.29 is 4.39 Å². The van der Waals surface area contributed by atoms with Crippen LogP contribution in [0.4, 0.5) is 4.39 Å². The summed E-state index contributed by atoms with van der Waals surface area (Å²) >= 11 is 3.17. The van der Waals surface area contributed by atoms with Gasteiger partial charge in [-0.05, 0) is 41.3 Å². The Morgan fingerprint density at radius 1 is 1.04 bits per heavy atom. The third kappa shape index (κ3) is 2.97. The summed E-state index contributed by atoms with van der Waals surface area (Å²) in [6, 6.07) is 14.4. The molecule has 23 heavy (non-hydrogen) atoms. The number of thiophene rings is 1. The van der Waals surface area contributed by atoms with Crippen molar-refractivity contribution in [3.8, 4) is 10.6 Å². The van der Waals surface area contributed by atoms with E-state index in [4.69, 9.17) is 0 Å². The zero-order valence-corrected chi connectivity index (χ0v) is 13.5. The molecule has 0 fully saturated rings. The quantitative estimate of drug-likeness (QED) is 0.519. The normalized spacial score (nSPS) is 11.2. The average Bonchev–Trinajstić information content (AvgIpc) is 3.24. The Kier molecular flexibility index (Phi) is 3.80. The Morgan fingerprint density at radius 3 is 2.70 bits per heavy atom. The van der Waals surface area contributed by atoms with Crippen LogP contribution in [0.15, 0.2) is 59.1 Å². The Balaban J connectivity index is 1.62. The third-order valence-corrected chi connectivity index (χ3v) is 5.17. The fraction of sp³-hybridized carbons (Fsp3) is 0.0625. The molecule has 7 heteroatoms. The SMILES string of the molecule is Fc1ccc(CSc2nnc3ccc(-c4cccs4)nn23)cc1. The molecule has 0 spiro atoms. The highest BCUT2D eigenvalue weighted by Gasteiger charge is 2.10. The molecule has 0 saturated carbocycles. The number of hydrogen-bond acceptors (Lipinski definition) is 5. The van der Waals surface area contributed by atoms with Gasteiger partial charge >= 0.3 is 0 Å². The highest BCUT2D eigenvalue weighted by atomic mass is 32.2. The maximum absolute atomic E-state index is 12.9. The van der Waals surface area contributed by atoms with E-state index in [1.54, 1.807) is 28.0 Å². The predicted molar refractivity (Wildman–Crippen MR) is 90.1 cm³/mol. The van der Waals surface area contributed by atoms with Gasteiger partial charge in [0.2, 0.25) is 5.16 Å². The minimum Gasteiger partial charge on any atom is -0.207 e. The molecule has 0 radical (unpaired) electrons. The number of thioether (sulfide) groups is 1. The second-order valence-electron chi connectivity index (χ2n) is 4.86. The molecule has 0 amide bonds. The summed E-state index contributed by atoms with van der Waals surface area (Å²) in [6.07, 6.45) is 0. The molecule has 3 aromatic heterocycles. The predicted octanol–water partition coefficient (Wildman–Crippen LogP) is 4.28. The molecule has 0 unspecified atom stereocenters. The highest BCUT2D eigenvalue weighted by molar-refractivity contribution is 7.98. The van der Waals surface area contributed by atoms with Crippen molar-refractivity contribution >= 4 is 28.7 Å². The number of nitrogens with zero attached hydrogens (tertiary/aromatic N) is 4. The van der Waals surface area contributed by atoms with Crippen LogP contribution in [0.25, 0.3) is 16.2 Å². The lowest BCUT2D eigenvalue weighted by molar-refractivity contribution is 0.627. The molecule has 0 bridgehead atoms. The molecule has 4 nitrogen and oxygen atoms in total. The van der Waals surface area contributed by atoms with Crippen molar-refractivity contribution in [1.82, 2.24) is 19.8 Å². The fourth-order valence-corrected chi connectivity index (χ4v) is 3.68. The smallest absolute Gasteiger partial charge is 0.207 e. The van der Waals surface area contributed by atoms with Gasteiger partial charge in [-0.1, -0.05) is 30.0 Å². The molecular weight excluding hydrogens is 331 g/mol. The average molecular weight is 342 g/mol. The maximum atomic E-state index is 12.9. The first-order valence-corrected chi connectivity index (χ1v) is 8.80. The van der Waals surface area contributed by atoms with Gasteiger partial charge in [0.15, 0.2) is 5.65 Å². The summed E-state index contributed by atoms with van der Waals surface area (Å²) in [5.41, 5.74) is 2.64. The lowest BCUT2D eigenvalue weighted by Crippen LogP contribution is -1.95. The van der Waals surface area contributed by atoms with E-state index < -0.39 is 0 Å². The largest absolute Gasteiger partial charge is 0.212 e. The summed E-state index contributed by atoms with van der Waals surface area (Å²) in [5.74, 6) is 0.459. The van der Waals surface area contributed by atoms with Gasteiger partial charge in [-0.15, -0.1) is 21.5 Å². The number of hydrogen-bond donors (Lipinski definition) is 0. The van der Waals surface area contributed by atoms with E-state index in [1.165, 1.54) is 23.9 Å². The van der Waals surface area contributed by atoms with Crippen LogP contribution in [-0.2, 0) is 5.75 Å². The van der Waals surface area contributed by atoms with E-state index in [-0.39, 0.29) is 5.82 Å². The molecule has 0 N–H and O–H groups in total. The van der Waals surface area contributed by atoms with Gasteiger partial charge in [-0.25, -0.2) is 4.39 Å². The molecule has 114 valence electrons. The lowest BCUT2D eigenvalue weighted by Gasteiger charge is -2.02. The van der Waals surface area contributed by atoms with Crippen LogP contribution in [-0.4, -0.2) is 19.8 Å². The summed E-state index contributed by atoms with van der Waals surface area (Å²) in [5, 5.41) is 15.7. The van der Waals surface area contributed by atoms with Crippen molar-refractivity contribution in [2.45, 2.75) is 10.9 Å². The number of rotatable bonds is 4. The summed E-state index contributed by atoms with van der Waals surface area (Å²) < 4.78 is 14.7. The van der Waals surface area contributed by atoms with Crippen LogP contribution in [0.1, 0.15) is 5.56 Å². The van der Waals surface area contributed by atoms with Crippen LogP contribution >= 0.6 is 23.1 Å². The van der Waals surface area contributed by atoms with Crippen molar-refractivity contribution in [3.05, 3.63) is 65.3 Å². The summed E-state index contributed by atoms with van der Waals surface area (Å²) in [7, 11) is 0. The minimum absolute atomic E-state index is 0.228. The minimum atomic E-state index is -0.228. The first kappa shape index (κ1) is 14.3. The standard InChI is InChI=1S/C16H11FN4S2/c17-12-5-3-11(4-6-12)10-23-16-19-18-15-8-7-13(20-21(15)16)14-2-1-9-22-14/h1-9H,10H2. The fourth-order valence-electron chi connectivity index (χ4n) is 2.14. The van der Waals surface area contributed by atoms with Crippen LogP contribution in [0.2, 0.25) is 0 Å². The van der Waals surface area contributed by atoms with E-state index >= 15 is 0 Å². The van der Waals surface area contributed by atoms with E-state index in [0.29, 0.717) is 11.4 Å². The van der Waals surface area contributed by atoms with E-state index in [0.717, 1.165) is 21.3 Å². The van der Waals surface area contributed by atoms with Crippen molar-refractivity contribution in [3.63, 3.8) is 0 Å². The maximum Gasteiger partial charge on any atom is 0.212 e. The Morgan fingerprint density at radius 2 is 1.91 bits per heavy atom. The van der Waals surface area contributed by atoms with Crippen molar-refractivity contribution in [1.29, 1.82) is 0 Å². The number of benzene rings is 1. The number of aromatic nitrogens is 4. The van der Waals surface area contributed by atoms with Gasteiger partial charge in [0.05, 0.1) is 4.88 Å². The molecule has 0 aliphatic rings. The first-order valence-electron chi connectivity index (χ1n) is 6.93. The summed E-state index contributed by atoms with van der Waals surface area (Å²) in [4.78, 5) is 1.11. The molecule has 4 aromatic rings. The monoisotopic (exact) mass is 342 g/mol. The Bertz CT molecular complexity index is 933. The molecule has 0 aliphatic heterocycles. The van der Waals surface area contributed by atoms with Crippen molar-refractivity contribution in [2.24, 2.45) is 0 Å². The molecule has 0 saturated heterocycles. The zero-order valence-electron chi connectivity index (χ0n) is 11.9. The molecule has 1 aromatic carbocycles.